The summed E-state index contributed by atoms with van der Waals surface area (Å²) in [7, 11) is 0. The molecule has 0 aliphatic rings. The highest BCUT2D eigenvalue weighted by Gasteiger charge is 2.01. The number of thiazole rings is 1. The van der Waals surface area contributed by atoms with Crippen LogP contribution < -0.4 is 15.8 Å². The first kappa shape index (κ1) is 13.7. The average molecular weight is 277 g/mol. The Labute approximate surface area is 117 Å². The molecule has 0 atom stereocenters. The van der Waals surface area contributed by atoms with E-state index in [0.717, 1.165) is 29.5 Å². The number of hydrogen-bond acceptors (Lipinski definition) is 5. The van der Waals surface area contributed by atoms with E-state index >= 15 is 0 Å². The van der Waals surface area contributed by atoms with Crippen molar-refractivity contribution >= 4 is 22.2 Å². The van der Waals surface area contributed by atoms with Crippen molar-refractivity contribution in [2.45, 2.75) is 20.4 Å². The van der Waals surface area contributed by atoms with Crippen LogP contribution in [0, 0.1) is 5.92 Å². The van der Waals surface area contributed by atoms with E-state index in [-0.39, 0.29) is 0 Å². The van der Waals surface area contributed by atoms with Gasteiger partial charge in [0.1, 0.15) is 5.75 Å². The molecule has 19 heavy (non-hydrogen) atoms. The third-order valence-corrected chi connectivity index (χ3v) is 3.28. The minimum absolute atomic E-state index is 0.525. The standard InChI is InChI=1S/C14H19N3OS/c1-10(2)9-18-12-5-3-4-11(6-12)16-7-13-8-17-14(15)19-13/h3-6,8,10,16H,7,9H2,1-2H3,(H2,15,17). The van der Waals surface area contributed by atoms with Gasteiger partial charge in [-0.3, -0.25) is 0 Å². The minimum atomic E-state index is 0.525. The predicted molar refractivity (Wildman–Crippen MR) is 80.6 cm³/mol. The molecule has 0 spiro atoms. The molecule has 0 radical (unpaired) electrons. The predicted octanol–water partition coefficient (Wildman–Crippen LogP) is 3.37. The maximum atomic E-state index is 5.69. The zero-order valence-electron chi connectivity index (χ0n) is 11.2. The molecule has 3 N–H and O–H groups in total. The van der Waals surface area contributed by atoms with Crippen molar-refractivity contribution in [2.75, 3.05) is 17.7 Å². The molecule has 0 aliphatic carbocycles. The second-order valence-electron chi connectivity index (χ2n) is 4.75. The summed E-state index contributed by atoms with van der Waals surface area (Å²) in [6, 6.07) is 7.98. The van der Waals surface area contributed by atoms with Crippen molar-refractivity contribution in [3.05, 3.63) is 35.3 Å². The number of aromatic nitrogens is 1. The summed E-state index contributed by atoms with van der Waals surface area (Å²) in [5.41, 5.74) is 6.63. The van der Waals surface area contributed by atoms with Crippen molar-refractivity contribution < 1.29 is 4.74 Å². The van der Waals surface area contributed by atoms with Crippen LogP contribution in [-0.4, -0.2) is 11.6 Å². The van der Waals surface area contributed by atoms with Crippen molar-refractivity contribution in [3.8, 4) is 5.75 Å². The maximum Gasteiger partial charge on any atom is 0.180 e. The first-order valence-corrected chi connectivity index (χ1v) is 7.12. The van der Waals surface area contributed by atoms with Gasteiger partial charge in [-0.15, -0.1) is 11.3 Å². The summed E-state index contributed by atoms with van der Waals surface area (Å²) in [6.45, 7) is 5.73. The smallest absolute Gasteiger partial charge is 0.180 e. The fraction of sp³-hybridized carbons (Fsp3) is 0.357. The Bertz CT molecular complexity index is 525. The minimum Gasteiger partial charge on any atom is -0.493 e. The summed E-state index contributed by atoms with van der Waals surface area (Å²) in [5, 5.41) is 3.94. The molecular weight excluding hydrogens is 258 g/mol. The monoisotopic (exact) mass is 277 g/mol. The molecule has 0 fully saturated rings. The molecule has 1 aromatic heterocycles. The van der Waals surface area contributed by atoms with Gasteiger partial charge in [0.15, 0.2) is 5.13 Å². The number of rotatable bonds is 6. The number of nitrogens with two attached hydrogens (primary N) is 1. The number of ether oxygens (including phenoxy) is 1. The van der Waals surface area contributed by atoms with E-state index in [0.29, 0.717) is 11.0 Å². The number of hydrogen-bond donors (Lipinski definition) is 2. The first-order chi connectivity index (χ1) is 9.13. The maximum absolute atomic E-state index is 5.69. The molecule has 0 bridgehead atoms. The van der Waals surface area contributed by atoms with E-state index in [2.05, 4.69) is 24.1 Å². The molecule has 102 valence electrons. The van der Waals surface area contributed by atoms with Gasteiger partial charge in [-0.05, 0) is 18.1 Å². The lowest BCUT2D eigenvalue weighted by Crippen LogP contribution is -2.05. The van der Waals surface area contributed by atoms with Crippen LogP contribution in [-0.2, 0) is 6.54 Å². The van der Waals surface area contributed by atoms with E-state index in [1.807, 2.05) is 24.3 Å². The molecule has 0 saturated heterocycles. The van der Waals surface area contributed by atoms with Gasteiger partial charge >= 0.3 is 0 Å². The molecule has 2 aromatic rings. The topological polar surface area (TPSA) is 60.2 Å². The average Bonchev–Trinajstić information content (AvgIpc) is 2.80. The zero-order valence-corrected chi connectivity index (χ0v) is 12.0. The van der Waals surface area contributed by atoms with Gasteiger partial charge < -0.3 is 15.8 Å². The SMILES string of the molecule is CC(C)COc1cccc(NCc2cnc(N)s2)c1. The second kappa shape index (κ2) is 6.43. The number of nitrogens with one attached hydrogen (secondary N) is 1. The Morgan fingerprint density at radius 2 is 2.26 bits per heavy atom. The lowest BCUT2D eigenvalue weighted by molar-refractivity contribution is 0.271. The van der Waals surface area contributed by atoms with E-state index in [9.17, 15) is 0 Å². The van der Waals surface area contributed by atoms with Gasteiger partial charge in [-0.2, -0.15) is 0 Å². The molecule has 1 heterocycles. The van der Waals surface area contributed by atoms with Crippen molar-refractivity contribution in [3.63, 3.8) is 0 Å². The lowest BCUT2D eigenvalue weighted by atomic mass is 10.2. The summed E-state index contributed by atoms with van der Waals surface area (Å²) in [5.74, 6) is 1.42. The number of nitrogen functional groups attached to an aromatic ring is 1. The Kier molecular flexibility index (Phi) is 4.63. The van der Waals surface area contributed by atoms with Crippen molar-refractivity contribution in [1.29, 1.82) is 0 Å². The molecule has 0 unspecified atom stereocenters. The molecule has 5 heteroatoms. The van der Waals surface area contributed by atoms with Crippen LogP contribution in [0.15, 0.2) is 30.5 Å². The second-order valence-corrected chi connectivity index (χ2v) is 5.90. The highest BCUT2D eigenvalue weighted by Crippen LogP contribution is 2.20. The molecule has 4 nitrogen and oxygen atoms in total. The molecule has 0 saturated carbocycles. The summed E-state index contributed by atoms with van der Waals surface area (Å²) in [6.07, 6.45) is 1.80. The van der Waals surface area contributed by atoms with Crippen LogP contribution in [0.3, 0.4) is 0 Å². The van der Waals surface area contributed by atoms with Gasteiger partial charge in [-0.1, -0.05) is 19.9 Å². The zero-order chi connectivity index (χ0) is 13.7. The summed E-state index contributed by atoms with van der Waals surface area (Å²) >= 11 is 1.50. The Morgan fingerprint density at radius 1 is 1.42 bits per heavy atom. The van der Waals surface area contributed by atoms with Gasteiger partial charge in [-0.25, -0.2) is 4.98 Å². The number of anilines is 2. The normalized spacial score (nSPS) is 10.7. The quantitative estimate of drug-likeness (QED) is 0.850. The summed E-state index contributed by atoms with van der Waals surface area (Å²) < 4.78 is 5.69. The van der Waals surface area contributed by atoms with E-state index in [1.165, 1.54) is 11.3 Å². The molecule has 0 aliphatic heterocycles. The first-order valence-electron chi connectivity index (χ1n) is 6.30. The molecule has 2 rings (SSSR count). The highest BCUT2D eigenvalue weighted by atomic mass is 32.1. The highest BCUT2D eigenvalue weighted by molar-refractivity contribution is 7.15. The van der Waals surface area contributed by atoms with Gasteiger partial charge in [0.25, 0.3) is 0 Å². The molecular formula is C14H19N3OS. The molecule has 0 amide bonds. The van der Waals surface area contributed by atoms with Crippen LogP contribution in [0.25, 0.3) is 0 Å². The summed E-state index contributed by atoms with van der Waals surface area (Å²) in [4.78, 5) is 5.14. The van der Waals surface area contributed by atoms with Gasteiger partial charge in [0, 0.05) is 22.8 Å². The Morgan fingerprint density at radius 3 is 2.95 bits per heavy atom. The Hall–Kier alpha value is -1.75. The third-order valence-electron chi connectivity index (χ3n) is 2.46. The van der Waals surface area contributed by atoms with Crippen LogP contribution in [0.5, 0.6) is 5.75 Å². The van der Waals surface area contributed by atoms with E-state index < -0.39 is 0 Å². The largest absolute Gasteiger partial charge is 0.493 e. The van der Waals surface area contributed by atoms with Crippen LogP contribution in [0.4, 0.5) is 10.8 Å². The third kappa shape index (κ3) is 4.44. The van der Waals surface area contributed by atoms with Gasteiger partial charge in [0.2, 0.25) is 0 Å². The van der Waals surface area contributed by atoms with Crippen molar-refractivity contribution in [1.82, 2.24) is 4.98 Å². The number of benzene rings is 1. The van der Waals surface area contributed by atoms with Gasteiger partial charge in [0.05, 0.1) is 13.2 Å². The van der Waals surface area contributed by atoms with Crippen molar-refractivity contribution in [2.24, 2.45) is 5.92 Å². The van der Waals surface area contributed by atoms with Crippen LogP contribution in [0.1, 0.15) is 18.7 Å². The lowest BCUT2D eigenvalue weighted by Gasteiger charge is -2.10. The molecule has 1 aromatic carbocycles. The van der Waals surface area contributed by atoms with E-state index in [1.54, 1.807) is 6.20 Å². The number of nitrogens with zero attached hydrogens (tertiary/aromatic N) is 1. The van der Waals surface area contributed by atoms with E-state index in [4.69, 9.17) is 10.5 Å². The van der Waals surface area contributed by atoms with Crippen LogP contribution >= 0.6 is 11.3 Å². The Balaban J connectivity index is 1.91. The van der Waals surface area contributed by atoms with Crippen LogP contribution in [0.2, 0.25) is 0 Å². The fourth-order valence-electron chi connectivity index (χ4n) is 1.55. The fourth-order valence-corrected chi connectivity index (χ4v) is 2.18.